The minimum absolute atomic E-state index is 0. The van der Waals surface area contributed by atoms with Gasteiger partial charge in [-0.3, -0.25) is 10.5 Å². The molecule has 0 saturated heterocycles. The van der Waals surface area contributed by atoms with E-state index in [1.165, 1.54) is 0 Å². The summed E-state index contributed by atoms with van der Waals surface area (Å²) < 4.78 is 0. The van der Waals surface area contributed by atoms with Gasteiger partial charge in [-0.15, -0.1) is 0 Å². The van der Waals surface area contributed by atoms with Crippen LogP contribution in [0.15, 0.2) is 0 Å². The molecule has 0 radical (unpaired) electrons. The Morgan fingerprint density at radius 3 is 0.810 bits per heavy atom. The minimum Gasteiger partial charge on any atom is -0.550 e. The van der Waals surface area contributed by atoms with E-state index in [0.29, 0.717) is 0 Å². The Morgan fingerprint density at radius 1 is 0.762 bits per heavy atom. The smallest absolute Gasteiger partial charge is 0.550 e. The average molecular weight is 405 g/mol. The first-order chi connectivity index (χ1) is 8.59. The zero-order chi connectivity index (χ0) is 17.6. The van der Waals surface area contributed by atoms with Gasteiger partial charge in [0.05, 0.1) is 11.2 Å². The van der Waals surface area contributed by atoms with Crippen molar-refractivity contribution in [3.8, 4) is 0 Å². The first kappa shape index (κ1) is 32.4. The van der Waals surface area contributed by atoms with Gasteiger partial charge in [0.1, 0.15) is 0 Å². The summed E-state index contributed by atoms with van der Waals surface area (Å²) in [5.41, 5.74) is -0.806. The molecule has 2 N–H and O–H groups in total. The van der Waals surface area contributed by atoms with Crippen molar-refractivity contribution in [1.82, 2.24) is 0 Å². The number of carboxylic acid groups (broad SMARTS) is 2. The van der Waals surface area contributed by atoms with Crippen molar-refractivity contribution in [3.05, 3.63) is 0 Å². The number of rotatable bonds is 0. The van der Waals surface area contributed by atoms with Gasteiger partial charge in [-0.2, -0.15) is 0 Å². The molecule has 132 valence electrons. The van der Waals surface area contributed by atoms with Gasteiger partial charge < -0.3 is 19.8 Å². The Balaban J connectivity index is -0.0000000544. The van der Waals surface area contributed by atoms with E-state index in [4.69, 9.17) is 30.3 Å². The first-order valence-electron chi connectivity index (χ1n) is 5.59. The number of carbonyl (C=O) groups is 2. The summed E-state index contributed by atoms with van der Waals surface area (Å²) in [5, 5.41) is 33.6. The molecule has 9 heteroatoms. The third-order valence-corrected chi connectivity index (χ3v) is 0.548. The van der Waals surface area contributed by atoms with Gasteiger partial charge in [0.15, 0.2) is 0 Å². The van der Waals surface area contributed by atoms with Gasteiger partial charge >= 0.3 is 20.4 Å². The number of aliphatic carboxylic acids is 2. The summed E-state index contributed by atoms with van der Waals surface area (Å²) in [7, 11) is 0. The number of carboxylic acids is 2. The molecule has 21 heavy (non-hydrogen) atoms. The molecule has 0 unspecified atom stereocenters. The molecule has 0 aliphatic carbocycles. The van der Waals surface area contributed by atoms with Gasteiger partial charge in [-0.25, -0.2) is 9.78 Å². The molecule has 8 nitrogen and oxygen atoms in total. The minimum atomic E-state index is -1.08. The number of hydrogen-bond donors (Lipinski definition) is 2. The van der Waals surface area contributed by atoms with Crippen LogP contribution in [0, 0.1) is 0 Å². The monoisotopic (exact) mass is 404 g/mol. The van der Waals surface area contributed by atoms with E-state index in [2.05, 4.69) is 9.78 Å². The molecule has 0 aliphatic rings. The largest absolute Gasteiger partial charge is 2.00 e. The molecule has 0 amide bonds. The Morgan fingerprint density at radius 2 is 0.810 bits per heavy atom. The van der Waals surface area contributed by atoms with E-state index >= 15 is 0 Å². The van der Waals surface area contributed by atoms with Crippen molar-refractivity contribution in [3.63, 3.8) is 0 Å². The predicted octanol–water partition coefficient (Wildman–Crippen LogP) is 0.0589. The van der Waals surface area contributed by atoms with Gasteiger partial charge in [0, 0.05) is 11.9 Å². The second-order valence-electron chi connectivity index (χ2n) is 5.39. The molecule has 0 aliphatic heterocycles. The van der Waals surface area contributed by atoms with E-state index in [-0.39, 0.29) is 20.4 Å². The van der Waals surface area contributed by atoms with E-state index in [1.807, 2.05) is 0 Å². The van der Waals surface area contributed by atoms with Crippen LogP contribution >= 0.6 is 0 Å². The van der Waals surface area contributed by atoms with E-state index < -0.39 is 23.1 Å². The maximum atomic E-state index is 8.89. The molecule has 0 aromatic carbocycles. The van der Waals surface area contributed by atoms with Gasteiger partial charge in [-0.05, 0) is 55.4 Å². The molecule has 0 heterocycles. The first-order valence-corrected chi connectivity index (χ1v) is 5.59. The zero-order valence-electron chi connectivity index (χ0n) is 13.7. The van der Waals surface area contributed by atoms with Crippen LogP contribution in [-0.2, 0) is 39.8 Å². The molecule has 0 atom stereocenters. The predicted molar refractivity (Wildman–Crippen MR) is 68.3 cm³/mol. The topological polar surface area (TPSA) is 139 Å². The van der Waals surface area contributed by atoms with Crippen LogP contribution in [0.2, 0.25) is 0 Å². The van der Waals surface area contributed by atoms with Crippen LogP contribution in [0.25, 0.3) is 0 Å². The van der Waals surface area contributed by atoms with Crippen molar-refractivity contribution in [2.24, 2.45) is 0 Å². The molecule has 0 aromatic heterocycles. The van der Waals surface area contributed by atoms with Crippen molar-refractivity contribution in [2.75, 3.05) is 0 Å². The quantitative estimate of drug-likeness (QED) is 0.328. The summed E-state index contributed by atoms with van der Waals surface area (Å²) in [6.07, 6.45) is 0. The Hall–Kier alpha value is -0.558. The second kappa shape index (κ2) is 17.5. The SMILES string of the molecule is CC(=O)[O-].CC(=O)[O-].CC(C)(C)OO.CC(C)(C)OO.[Pd+2]. The fourth-order valence-corrected chi connectivity index (χ4v) is 0. The molecule has 0 fully saturated rings. The molecular weight excluding hydrogens is 379 g/mol. The molecule has 0 bridgehead atoms. The fraction of sp³-hybridized carbons (Fsp3) is 0.833. The Kier molecular flexibility index (Phi) is 27.0. The summed E-state index contributed by atoms with van der Waals surface area (Å²) in [6, 6.07) is 0. The van der Waals surface area contributed by atoms with Crippen LogP contribution in [0.1, 0.15) is 55.4 Å². The van der Waals surface area contributed by atoms with Crippen LogP contribution in [0.4, 0.5) is 0 Å². The van der Waals surface area contributed by atoms with Gasteiger partial charge in [0.25, 0.3) is 0 Å². The summed E-state index contributed by atoms with van der Waals surface area (Å²) in [4.78, 5) is 25.7. The Bertz CT molecular complexity index is 209. The second-order valence-corrected chi connectivity index (χ2v) is 5.39. The molecule has 0 aromatic rings. The third kappa shape index (κ3) is 200. The van der Waals surface area contributed by atoms with Crippen molar-refractivity contribution >= 4 is 11.9 Å². The summed E-state index contributed by atoms with van der Waals surface area (Å²) in [5.74, 6) is -2.17. The zero-order valence-corrected chi connectivity index (χ0v) is 15.2. The maximum Gasteiger partial charge on any atom is 2.00 e. The normalized spacial score (nSPS) is 9.24. The molecule has 0 spiro atoms. The summed E-state index contributed by atoms with van der Waals surface area (Å²) in [6.45, 7) is 12.6. The van der Waals surface area contributed by atoms with Crippen LogP contribution < -0.4 is 10.2 Å². The van der Waals surface area contributed by atoms with Crippen LogP contribution in [-0.4, -0.2) is 33.7 Å². The standard InChI is InChI=1S/2C4H10O2.2C2H4O2.Pd/c2*1-4(2,3)6-5;2*1-2(3)4;/h2*5H,1-3H3;2*1H3,(H,3,4);/q;;;;+2/p-2. The van der Waals surface area contributed by atoms with Crippen molar-refractivity contribution in [2.45, 2.75) is 66.6 Å². The summed E-state index contributed by atoms with van der Waals surface area (Å²) >= 11 is 0. The third-order valence-electron chi connectivity index (χ3n) is 0.548. The van der Waals surface area contributed by atoms with Crippen molar-refractivity contribution < 1.29 is 60.5 Å². The fourth-order valence-electron chi connectivity index (χ4n) is 0. The van der Waals surface area contributed by atoms with E-state index in [1.54, 1.807) is 41.5 Å². The molecular formula is C12H26O8Pd. The van der Waals surface area contributed by atoms with E-state index in [9.17, 15) is 0 Å². The number of hydrogen-bond acceptors (Lipinski definition) is 8. The molecule has 0 rings (SSSR count). The van der Waals surface area contributed by atoms with Crippen molar-refractivity contribution in [1.29, 1.82) is 0 Å². The van der Waals surface area contributed by atoms with Gasteiger partial charge in [0.2, 0.25) is 0 Å². The van der Waals surface area contributed by atoms with E-state index in [0.717, 1.165) is 13.8 Å². The van der Waals surface area contributed by atoms with Crippen LogP contribution in [0.3, 0.4) is 0 Å². The molecule has 0 saturated carbocycles. The maximum absolute atomic E-state index is 8.89. The average Bonchev–Trinajstić information content (AvgIpc) is 2.14. The van der Waals surface area contributed by atoms with Crippen LogP contribution in [0.5, 0.6) is 0 Å². The van der Waals surface area contributed by atoms with Gasteiger partial charge in [-0.1, -0.05) is 0 Å². The Labute approximate surface area is 139 Å². The number of carbonyl (C=O) groups excluding carboxylic acids is 2.